The summed E-state index contributed by atoms with van der Waals surface area (Å²) in [6.45, 7) is 5.00. The highest BCUT2D eigenvalue weighted by Gasteiger charge is 2.34. The predicted molar refractivity (Wildman–Crippen MR) is 73.4 cm³/mol. The summed E-state index contributed by atoms with van der Waals surface area (Å²) in [5.74, 6) is 1.45. The summed E-state index contributed by atoms with van der Waals surface area (Å²) in [5.41, 5.74) is 0.808. The number of H-pyrrole nitrogens is 1. The molecule has 2 aromatic heterocycles. The Morgan fingerprint density at radius 3 is 2.95 bits per heavy atom. The minimum absolute atomic E-state index is 0.240. The van der Waals surface area contributed by atoms with Gasteiger partial charge in [0.05, 0.1) is 0 Å². The molecule has 0 unspecified atom stereocenters. The maximum absolute atomic E-state index is 11.5. The molecule has 1 saturated carbocycles. The molecule has 0 saturated heterocycles. The van der Waals surface area contributed by atoms with Gasteiger partial charge in [0.15, 0.2) is 5.65 Å². The van der Waals surface area contributed by atoms with Crippen LogP contribution < -0.4 is 11.0 Å². The summed E-state index contributed by atoms with van der Waals surface area (Å²) < 4.78 is 1.48. The van der Waals surface area contributed by atoms with E-state index in [0.717, 1.165) is 12.4 Å². The van der Waals surface area contributed by atoms with Crippen molar-refractivity contribution in [1.82, 2.24) is 19.6 Å². The van der Waals surface area contributed by atoms with Crippen molar-refractivity contribution < 1.29 is 0 Å². The van der Waals surface area contributed by atoms with Crippen molar-refractivity contribution in [2.45, 2.75) is 39.5 Å². The van der Waals surface area contributed by atoms with Gasteiger partial charge in [-0.15, -0.1) is 0 Å². The molecule has 2 aromatic rings. The number of aromatic amines is 1. The monoisotopic (exact) mass is 261 g/mol. The number of aromatic nitrogens is 4. The lowest BCUT2D eigenvalue weighted by Crippen LogP contribution is -2.36. The standard InChI is InChI=1S/C13H19N5O/c1-3-13(5-4-6-13)8-14-10-7-11-16-17-12(19)18(11)9(2)15-10/h7,14H,3-6,8H2,1-2H3,(H,17,19). The maximum atomic E-state index is 11.5. The van der Waals surface area contributed by atoms with Crippen molar-refractivity contribution in [3.05, 3.63) is 22.4 Å². The van der Waals surface area contributed by atoms with Crippen LogP contribution in [0, 0.1) is 12.3 Å². The van der Waals surface area contributed by atoms with Crippen molar-refractivity contribution in [3.63, 3.8) is 0 Å². The molecule has 1 fully saturated rings. The summed E-state index contributed by atoms with van der Waals surface area (Å²) in [4.78, 5) is 15.9. The zero-order valence-electron chi connectivity index (χ0n) is 11.4. The van der Waals surface area contributed by atoms with Gasteiger partial charge < -0.3 is 5.32 Å². The van der Waals surface area contributed by atoms with E-state index in [1.54, 1.807) is 0 Å². The smallest absolute Gasteiger partial charge is 0.349 e. The molecule has 6 heteroatoms. The van der Waals surface area contributed by atoms with Gasteiger partial charge >= 0.3 is 5.69 Å². The van der Waals surface area contributed by atoms with Crippen LogP contribution in [0.3, 0.4) is 0 Å². The predicted octanol–water partition coefficient (Wildman–Crippen LogP) is 1.72. The Morgan fingerprint density at radius 1 is 1.53 bits per heavy atom. The van der Waals surface area contributed by atoms with E-state index in [1.165, 1.54) is 30.1 Å². The lowest BCUT2D eigenvalue weighted by Gasteiger charge is -2.41. The van der Waals surface area contributed by atoms with Gasteiger partial charge in [0.1, 0.15) is 11.6 Å². The van der Waals surface area contributed by atoms with Gasteiger partial charge in [-0.1, -0.05) is 13.3 Å². The van der Waals surface area contributed by atoms with Crippen LogP contribution in [0.25, 0.3) is 5.65 Å². The number of nitrogens with one attached hydrogen (secondary N) is 2. The van der Waals surface area contributed by atoms with E-state index in [2.05, 4.69) is 27.4 Å². The van der Waals surface area contributed by atoms with E-state index in [4.69, 9.17) is 0 Å². The first-order valence-corrected chi connectivity index (χ1v) is 6.82. The molecule has 0 bridgehead atoms. The molecule has 19 heavy (non-hydrogen) atoms. The second-order valence-electron chi connectivity index (χ2n) is 5.47. The molecule has 1 aliphatic carbocycles. The SMILES string of the molecule is CCC1(CNc2cc3n[nH]c(=O)n3c(C)n2)CCC1. The molecule has 0 aliphatic heterocycles. The summed E-state index contributed by atoms with van der Waals surface area (Å²) in [7, 11) is 0. The number of nitrogens with zero attached hydrogens (tertiary/aromatic N) is 3. The highest BCUT2D eigenvalue weighted by Crippen LogP contribution is 2.43. The number of aryl methyl sites for hydroxylation is 1. The second-order valence-corrected chi connectivity index (χ2v) is 5.47. The Morgan fingerprint density at radius 2 is 2.32 bits per heavy atom. The quantitative estimate of drug-likeness (QED) is 0.878. The third-order valence-corrected chi connectivity index (χ3v) is 4.38. The Labute approximate surface area is 111 Å². The number of hydrogen-bond donors (Lipinski definition) is 2. The summed E-state index contributed by atoms with van der Waals surface area (Å²) in [6, 6.07) is 1.81. The molecule has 0 radical (unpaired) electrons. The fourth-order valence-corrected chi connectivity index (χ4v) is 2.80. The van der Waals surface area contributed by atoms with Gasteiger partial charge in [-0.2, -0.15) is 5.10 Å². The lowest BCUT2D eigenvalue weighted by atomic mass is 9.67. The molecule has 2 N–H and O–H groups in total. The van der Waals surface area contributed by atoms with Crippen LogP contribution >= 0.6 is 0 Å². The van der Waals surface area contributed by atoms with Gasteiger partial charge in [-0.25, -0.2) is 19.3 Å². The average Bonchev–Trinajstić information content (AvgIpc) is 2.71. The van der Waals surface area contributed by atoms with Gasteiger partial charge in [0.25, 0.3) is 0 Å². The Bertz CT molecular complexity index is 647. The topological polar surface area (TPSA) is 75.1 Å². The zero-order chi connectivity index (χ0) is 13.5. The lowest BCUT2D eigenvalue weighted by molar-refractivity contribution is 0.145. The number of rotatable bonds is 4. The van der Waals surface area contributed by atoms with Crippen LogP contribution in [0.15, 0.2) is 10.9 Å². The number of fused-ring (bicyclic) bond motifs is 1. The maximum Gasteiger partial charge on any atom is 0.349 e. The molecule has 6 nitrogen and oxygen atoms in total. The normalized spacial score (nSPS) is 17.4. The Kier molecular flexibility index (Phi) is 2.80. The molecule has 102 valence electrons. The van der Waals surface area contributed by atoms with Gasteiger partial charge in [0.2, 0.25) is 0 Å². The van der Waals surface area contributed by atoms with Gasteiger partial charge in [-0.05, 0) is 31.6 Å². The molecule has 0 amide bonds. The van der Waals surface area contributed by atoms with E-state index in [9.17, 15) is 4.79 Å². The average molecular weight is 261 g/mol. The van der Waals surface area contributed by atoms with Gasteiger partial charge in [0, 0.05) is 12.6 Å². The van der Waals surface area contributed by atoms with Crippen LogP contribution in [0.1, 0.15) is 38.4 Å². The van der Waals surface area contributed by atoms with Crippen LogP contribution in [-0.4, -0.2) is 26.1 Å². The second kappa shape index (κ2) is 4.36. The molecule has 3 rings (SSSR count). The van der Waals surface area contributed by atoms with Crippen molar-refractivity contribution in [3.8, 4) is 0 Å². The summed E-state index contributed by atoms with van der Waals surface area (Å²) in [6.07, 6.45) is 5.11. The molecular formula is C13H19N5O. The molecule has 0 aromatic carbocycles. The first-order chi connectivity index (χ1) is 9.13. The first-order valence-electron chi connectivity index (χ1n) is 6.82. The third-order valence-electron chi connectivity index (χ3n) is 4.38. The molecule has 2 heterocycles. The highest BCUT2D eigenvalue weighted by atomic mass is 16.1. The van der Waals surface area contributed by atoms with E-state index < -0.39 is 0 Å². The van der Waals surface area contributed by atoms with Crippen molar-refractivity contribution in [2.75, 3.05) is 11.9 Å². The zero-order valence-corrected chi connectivity index (χ0v) is 11.4. The number of anilines is 1. The van der Waals surface area contributed by atoms with Crippen molar-refractivity contribution in [2.24, 2.45) is 5.41 Å². The fourth-order valence-electron chi connectivity index (χ4n) is 2.80. The Hall–Kier alpha value is -1.85. The largest absolute Gasteiger partial charge is 0.369 e. The molecule has 0 atom stereocenters. The highest BCUT2D eigenvalue weighted by molar-refractivity contribution is 5.49. The van der Waals surface area contributed by atoms with Crippen molar-refractivity contribution >= 4 is 11.5 Å². The fraction of sp³-hybridized carbons (Fsp3) is 0.615. The van der Waals surface area contributed by atoms with E-state index in [0.29, 0.717) is 16.9 Å². The minimum atomic E-state index is -0.240. The van der Waals surface area contributed by atoms with Crippen LogP contribution in [-0.2, 0) is 0 Å². The van der Waals surface area contributed by atoms with E-state index in [1.807, 2.05) is 13.0 Å². The van der Waals surface area contributed by atoms with Gasteiger partial charge in [-0.3, -0.25) is 0 Å². The summed E-state index contributed by atoms with van der Waals surface area (Å²) in [5, 5.41) is 9.82. The van der Waals surface area contributed by atoms with Crippen LogP contribution in [0.2, 0.25) is 0 Å². The third kappa shape index (κ3) is 2.01. The van der Waals surface area contributed by atoms with Crippen LogP contribution in [0.4, 0.5) is 5.82 Å². The van der Waals surface area contributed by atoms with E-state index in [-0.39, 0.29) is 5.69 Å². The van der Waals surface area contributed by atoms with Crippen LogP contribution in [0.5, 0.6) is 0 Å². The molecule has 1 aliphatic rings. The first kappa shape index (κ1) is 12.2. The molecule has 0 spiro atoms. The van der Waals surface area contributed by atoms with E-state index >= 15 is 0 Å². The number of hydrogen-bond acceptors (Lipinski definition) is 4. The minimum Gasteiger partial charge on any atom is -0.369 e. The Balaban J connectivity index is 1.83. The summed E-state index contributed by atoms with van der Waals surface area (Å²) >= 11 is 0. The molecular weight excluding hydrogens is 242 g/mol. The van der Waals surface area contributed by atoms with Crippen molar-refractivity contribution in [1.29, 1.82) is 0 Å².